The molecule has 7 nitrogen and oxygen atoms in total. The molecule has 0 amide bonds. The molecule has 0 radical (unpaired) electrons. The van der Waals surface area contributed by atoms with Gasteiger partial charge in [-0.3, -0.25) is 9.69 Å². The number of nitrogens with zero attached hydrogens (tertiary/aromatic N) is 3. The number of esters is 1. The summed E-state index contributed by atoms with van der Waals surface area (Å²) in [4.78, 5) is 29.3. The van der Waals surface area contributed by atoms with E-state index in [4.69, 9.17) is 9.47 Å². The highest BCUT2D eigenvalue weighted by Crippen LogP contribution is 2.10. The smallest absolute Gasteiger partial charge is 0.419 e. The van der Waals surface area contributed by atoms with Gasteiger partial charge >= 0.3 is 12.1 Å². The van der Waals surface area contributed by atoms with E-state index in [1.54, 1.807) is 39.8 Å². The van der Waals surface area contributed by atoms with Crippen LogP contribution in [0.1, 0.15) is 20.8 Å². The molecule has 1 rings (SSSR count). The molecule has 0 aromatic carbocycles. The monoisotopic (exact) mass is 283 g/mol. The van der Waals surface area contributed by atoms with Crippen LogP contribution in [-0.2, 0) is 14.3 Å². The molecular formula is C13H21N3O4. The van der Waals surface area contributed by atoms with E-state index in [1.807, 2.05) is 0 Å². The van der Waals surface area contributed by atoms with E-state index in [1.165, 1.54) is 23.3 Å². The second-order valence-electron chi connectivity index (χ2n) is 4.95. The van der Waals surface area contributed by atoms with Gasteiger partial charge in [-0.05, 0) is 34.9 Å². The quantitative estimate of drug-likeness (QED) is 0.754. The van der Waals surface area contributed by atoms with E-state index >= 15 is 0 Å². The summed E-state index contributed by atoms with van der Waals surface area (Å²) in [7, 11) is 3.46. The molecule has 1 aromatic rings. The molecule has 0 bridgehead atoms. The Bertz CT molecular complexity index is 442. The minimum absolute atomic E-state index is 0.221. The molecule has 112 valence electrons. The standard InChI is InChI=1S/C13H21N3O4/c1-9(2)19-12(17)11(15(4)5)10(3)20-13(18)16-7-6-14-8-16/h6-11H,1-5H3/t10-,11+/m1/s1. The molecule has 2 atom stereocenters. The second kappa shape index (κ2) is 7.04. The fraction of sp³-hybridized carbons (Fsp3) is 0.615. The molecule has 0 aliphatic heterocycles. The molecule has 20 heavy (non-hydrogen) atoms. The summed E-state index contributed by atoms with van der Waals surface area (Å²) in [5, 5.41) is 0. The zero-order chi connectivity index (χ0) is 15.3. The molecule has 0 aliphatic rings. The highest BCUT2D eigenvalue weighted by molar-refractivity contribution is 5.77. The average Bonchev–Trinajstić information content (AvgIpc) is 2.79. The summed E-state index contributed by atoms with van der Waals surface area (Å²) in [6, 6.07) is -0.662. The summed E-state index contributed by atoms with van der Waals surface area (Å²) in [6.45, 7) is 5.20. The first-order valence-electron chi connectivity index (χ1n) is 6.38. The van der Waals surface area contributed by atoms with Gasteiger partial charge in [0.25, 0.3) is 0 Å². The maximum Gasteiger partial charge on any atom is 0.419 e. The highest BCUT2D eigenvalue weighted by Gasteiger charge is 2.32. The summed E-state index contributed by atoms with van der Waals surface area (Å²) < 4.78 is 11.6. The van der Waals surface area contributed by atoms with Gasteiger partial charge in [0, 0.05) is 12.4 Å². The maximum absolute atomic E-state index is 12.0. The minimum Gasteiger partial charge on any atom is -0.462 e. The van der Waals surface area contributed by atoms with Crippen molar-refractivity contribution >= 4 is 12.1 Å². The molecule has 0 aliphatic carbocycles. The fourth-order valence-electron chi connectivity index (χ4n) is 1.78. The van der Waals surface area contributed by atoms with Crippen molar-refractivity contribution in [3.63, 3.8) is 0 Å². The number of carbonyl (C=O) groups excluding carboxylic acids is 2. The Labute approximate surface area is 118 Å². The van der Waals surface area contributed by atoms with E-state index in [-0.39, 0.29) is 6.10 Å². The Morgan fingerprint density at radius 1 is 1.20 bits per heavy atom. The molecule has 0 saturated carbocycles. The number of rotatable bonds is 5. The number of carbonyl (C=O) groups is 2. The predicted octanol–water partition coefficient (Wildman–Crippen LogP) is 1.14. The number of aromatic nitrogens is 2. The summed E-state index contributed by atoms with van der Waals surface area (Å²) in [5.41, 5.74) is 0. The largest absolute Gasteiger partial charge is 0.462 e. The van der Waals surface area contributed by atoms with E-state index in [0.29, 0.717) is 0 Å². The maximum atomic E-state index is 12.0. The van der Waals surface area contributed by atoms with Crippen molar-refractivity contribution in [1.82, 2.24) is 14.5 Å². The Hall–Kier alpha value is -1.89. The third-order valence-electron chi connectivity index (χ3n) is 2.60. The van der Waals surface area contributed by atoms with Crippen molar-refractivity contribution in [2.24, 2.45) is 0 Å². The predicted molar refractivity (Wildman–Crippen MR) is 72.3 cm³/mol. The van der Waals surface area contributed by atoms with Crippen LogP contribution in [0.3, 0.4) is 0 Å². The van der Waals surface area contributed by atoms with Crippen LogP contribution in [0.25, 0.3) is 0 Å². The van der Waals surface area contributed by atoms with Gasteiger partial charge in [-0.25, -0.2) is 14.3 Å². The van der Waals surface area contributed by atoms with Crippen LogP contribution in [0, 0.1) is 0 Å². The lowest BCUT2D eigenvalue weighted by atomic mass is 10.1. The first kappa shape index (κ1) is 16.2. The zero-order valence-electron chi connectivity index (χ0n) is 12.4. The van der Waals surface area contributed by atoms with E-state index in [0.717, 1.165) is 0 Å². The first-order valence-corrected chi connectivity index (χ1v) is 6.38. The van der Waals surface area contributed by atoms with Gasteiger partial charge in [-0.2, -0.15) is 0 Å². The van der Waals surface area contributed by atoms with Gasteiger partial charge in [0.05, 0.1) is 6.10 Å². The number of hydrogen-bond donors (Lipinski definition) is 0. The summed E-state index contributed by atoms with van der Waals surface area (Å²) >= 11 is 0. The summed E-state index contributed by atoms with van der Waals surface area (Å²) in [6.07, 6.45) is 2.84. The molecule has 0 unspecified atom stereocenters. The van der Waals surface area contributed by atoms with Gasteiger partial charge in [-0.15, -0.1) is 0 Å². The van der Waals surface area contributed by atoms with Crippen LogP contribution in [0.5, 0.6) is 0 Å². The van der Waals surface area contributed by atoms with E-state index < -0.39 is 24.2 Å². The van der Waals surface area contributed by atoms with Gasteiger partial charge < -0.3 is 9.47 Å². The van der Waals surface area contributed by atoms with Crippen LogP contribution in [-0.4, -0.2) is 58.9 Å². The lowest BCUT2D eigenvalue weighted by molar-refractivity contribution is -0.156. The molecular weight excluding hydrogens is 262 g/mol. The number of imidazole rings is 1. The van der Waals surface area contributed by atoms with Crippen LogP contribution in [0.15, 0.2) is 18.7 Å². The minimum atomic E-state index is -0.662. The topological polar surface area (TPSA) is 73.7 Å². The van der Waals surface area contributed by atoms with Crippen molar-refractivity contribution in [2.75, 3.05) is 14.1 Å². The SMILES string of the molecule is CC(C)OC(=O)[C@H]([C@@H](C)OC(=O)n1ccnc1)N(C)C. The Morgan fingerprint density at radius 2 is 1.85 bits per heavy atom. The van der Waals surface area contributed by atoms with Crippen LogP contribution < -0.4 is 0 Å². The second-order valence-corrected chi connectivity index (χ2v) is 4.95. The normalized spacial score (nSPS) is 14.2. The highest BCUT2D eigenvalue weighted by atomic mass is 16.6. The third-order valence-corrected chi connectivity index (χ3v) is 2.60. The third kappa shape index (κ3) is 4.34. The zero-order valence-corrected chi connectivity index (χ0v) is 12.4. The van der Waals surface area contributed by atoms with Crippen molar-refractivity contribution in [2.45, 2.75) is 39.0 Å². The Balaban J connectivity index is 2.72. The van der Waals surface area contributed by atoms with E-state index in [9.17, 15) is 9.59 Å². The lowest BCUT2D eigenvalue weighted by Gasteiger charge is -2.28. The van der Waals surface area contributed by atoms with Crippen molar-refractivity contribution in [1.29, 1.82) is 0 Å². The molecule has 1 aromatic heterocycles. The first-order chi connectivity index (χ1) is 9.32. The molecule has 0 fully saturated rings. The average molecular weight is 283 g/mol. The molecule has 0 spiro atoms. The Kier molecular flexibility index (Phi) is 5.69. The van der Waals surface area contributed by atoms with Gasteiger partial charge in [0.1, 0.15) is 18.5 Å². The van der Waals surface area contributed by atoms with Gasteiger partial charge in [0.2, 0.25) is 0 Å². The molecule has 0 N–H and O–H groups in total. The van der Waals surface area contributed by atoms with Gasteiger partial charge in [-0.1, -0.05) is 0 Å². The van der Waals surface area contributed by atoms with Crippen molar-refractivity contribution < 1.29 is 19.1 Å². The molecule has 0 saturated heterocycles. The number of likely N-dealkylation sites (N-methyl/N-ethyl adjacent to an activating group) is 1. The molecule has 1 heterocycles. The summed E-state index contributed by atoms with van der Waals surface area (Å²) in [5.74, 6) is -0.420. The van der Waals surface area contributed by atoms with Crippen molar-refractivity contribution in [3.8, 4) is 0 Å². The number of hydrogen-bond acceptors (Lipinski definition) is 6. The molecule has 7 heteroatoms. The van der Waals surface area contributed by atoms with Crippen LogP contribution in [0.4, 0.5) is 4.79 Å². The van der Waals surface area contributed by atoms with Crippen LogP contribution in [0.2, 0.25) is 0 Å². The van der Waals surface area contributed by atoms with Gasteiger partial charge in [0.15, 0.2) is 0 Å². The van der Waals surface area contributed by atoms with Crippen molar-refractivity contribution in [3.05, 3.63) is 18.7 Å². The lowest BCUT2D eigenvalue weighted by Crippen LogP contribution is -2.47. The Morgan fingerprint density at radius 3 is 2.30 bits per heavy atom. The fourth-order valence-corrected chi connectivity index (χ4v) is 1.78. The van der Waals surface area contributed by atoms with Crippen LogP contribution >= 0.6 is 0 Å². The van der Waals surface area contributed by atoms with E-state index in [2.05, 4.69) is 4.98 Å². The number of ether oxygens (including phenoxy) is 2.